The highest BCUT2D eigenvalue weighted by atomic mass is 35.5. The molecule has 52 heavy (non-hydrogen) atoms. The summed E-state index contributed by atoms with van der Waals surface area (Å²) in [5, 5.41) is 12.2. The number of nitrogens with zero attached hydrogens (tertiary/aromatic N) is 4. The third kappa shape index (κ3) is 5.44. The molecule has 0 saturated heterocycles. The molecule has 2 aliphatic rings. The minimum atomic E-state index is -0.394. The molecule has 7 aromatic rings. The van der Waals surface area contributed by atoms with Crippen LogP contribution in [-0.2, 0) is 6.42 Å². The maximum absolute atomic E-state index is 14.7. The predicted molar refractivity (Wildman–Crippen MR) is 207 cm³/mol. The number of nitro groups is 1. The van der Waals surface area contributed by atoms with Crippen LogP contribution in [0.5, 0.6) is 0 Å². The Morgan fingerprint density at radius 1 is 0.808 bits per heavy atom. The lowest BCUT2D eigenvalue weighted by Gasteiger charge is -2.30. The van der Waals surface area contributed by atoms with E-state index in [0.717, 1.165) is 69.0 Å². The second-order valence-electron chi connectivity index (χ2n) is 12.8. The second kappa shape index (κ2) is 12.9. The van der Waals surface area contributed by atoms with Crippen molar-refractivity contribution in [2.24, 2.45) is 4.99 Å². The van der Waals surface area contributed by atoms with Crippen molar-refractivity contribution in [1.82, 2.24) is 9.13 Å². The van der Waals surface area contributed by atoms with Gasteiger partial charge in [-0.05, 0) is 77.1 Å². The molecular weight excluding hydrogens is 688 g/mol. The zero-order valence-corrected chi connectivity index (χ0v) is 29.2. The Balaban J connectivity index is 1.31. The molecule has 0 radical (unpaired) electrons. The molecule has 9 rings (SSSR count). The third-order valence-corrected chi connectivity index (χ3v) is 11.0. The lowest BCUT2D eigenvalue weighted by atomic mass is 9.83. The van der Waals surface area contributed by atoms with E-state index >= 15 is 0 Å². The van der Waals surface area contributed by atoms with E-state index in [2.05, 4.69) is 28.8 Å². The molecule has 0 spiro atoms. The Morgan fingerprint density at radius 3 is 2.19 bits per heavy atom. The largest absolute Gasteiger partial charge is 0.309 e. The first-order valence-corrected chi connectivity index (χ1v) is 18.1. The first-order chi connectivity index (χ1) is 25.4. The van der Waals surface area contributed by atoms with Crippen molar-refractivity contribution in [3.05, 3.63) is 202 Å². The van der Waals surface area contributed by atoms with Crippen molar-refractivity contribution >= 4 is 40.4 Å². The zero-order valence-electron chi connectivity index (χ0n) is 27.6. The first-order valence-electron chi connectivity index (χ1n) is 16.9. The van der Waals surface area contributed by atoms with Crippen molar-refractivity contribution in [2.75, 3.05) is 0 Å². The number of thiazole rings is 1. The van der Waals surface area contributed by atoms with Gasteiger partial charge in [0.05, 0.1) is 32.6 Å². The molecule has 3 heterocycles. The number of hydrogen-bond donors (Lipinski definition) is 0. The normalized spacial score (nSPS) is 15.1. The summed E-state index contributed by atoms with van der Waals surface area (Å²) in [5.74, 6) is 0. The summed E-state index contributed by atoms with van der Waals surface area (Å²) in [6.45, 7) is 0. The fraction of sp³-hybridized carbons (Fsp3) is 0.0698. The van der Waals surface area contributed by atoms with Crippen LogP contribution in [0.2, 0.25) is 5.02 Å². The summed E-state index contributed by atoms with van der Waals surface area (Å²) in [7, 11) is 0. The number of benzene rings is 5. The summed E-state index contributed by atoms with van der Waals surface area (Å²) in [5.41, 5.74) is 10.6. The van der Waals surface area contributed by atoms with E-state index in [1.54, 1.807) is 12.1 Å². The highest BCUT2D eigenvalue weighted by Gasteiger charge is 2.32. The first kappa shape index (κ1) is 31.9. The highest BCUT2D eigenvalue weighted by Crippen LogP contribution is 2.42. The third-order valence-electron chi connectivity index (χ3n) is 9.81. The molecule has 1 atom stereocenters. The van der Waals surface area contributed by atoms with Crippen LogP contribution >= 0.6 is 22.9 Å². The fourth-order valence-corrected chi connectivity index (χ4v) is 8.57. The molecule has 0 saturated carbocycles. The van der Waals surface area contributed by atoms with E-state index in [4.69, 9.17) is 16.6 Å². The minimum absolute atomic E-state index is 0.0142. The van der Waals surface area contributed by atoms with Gasteiger partial charge in [0.25, 0.3) is 11.2 Å². The average molecular weight is 717 g/mol. The van der Waals surface area contributed by atoms with Crippen molar-refractivity contribution in [1.29, 1.82) is 0 Å². The maximum atomic E-state index is 14.7. The van der Waals surface area contributed by atoms with Gasteiger partial charge >= 0.3 is 0 Å². The molecule has 9 heteroatoms. The average Bonchev–Trinajstić information content (AvgIpc) is 3.71. The second-order valence-corrected chi connectivity index (χ2v) is 14.3. The monoisotopic (exact) mass is 716 g/mol. The van der Waals surface area contributed by atoms with Gasteiger partial charge in [0.2, 0.25) is 0 Å². The summed E-state index contributed by atoms with van der Waals surface area (Å²) < 4.78 is 4.52. The molecule has 2 aromatic heterocycles. The van der Waals surface area contributed by atoms with Gasteiger partial charge in [-0.15, -0.1) is 0 Å². The minimum Gasteiger partial charge on any atom is -0.309 e. The highest BCUT2D eigenvalue weighted by molar-refractivity contribution is 7.07. The number of halogens is 1. The molecule has 1 aliphatic carbocycles. The maximum Gasteiger partial charge on any atom is 0.271 e. The Morgan fingerprint density at radius 2 is 1.48 bits per heavy atom. The number of aromatic nitrogens is 2. The van der Waals surface area contributed by atoms with Gasteiger partial charge in [-0.2, -0.15) is 0 Å². The van der Waals surface area contributed by atoms with Gasteiger partial charge in [0.1, 0.15) is 0 Å². The molecule has 0 bridgehead atoms. The fourth-order valence-electron chi connectivity index (χ4n) is 7.45. The topological polar surface area (TPSA) is 82.4 Å². The van der Waals surface area contributed by atoms with E-state index < -0.39 is 4.92 Å². The van der Waals surface area contributed by atoms with Crippen LogP contribution in [0, 0.1) is 10.1 Å². The van der Waals surface area contributed by atoms with Gasteiger partial charge in [0.15, 0.2) is 4.80 Å². The molecule has 5 aromatic carbocycles. The van der Waals surface area contributed by atoms with Crippen molar-refractivity contribution in [3.63, 3.8) is 0 Å². The lowest BCUT2D eigenvalue weighted by molar-refractivity contribution is -0.384. The Bertz CT molecular complexity index is 2730. The van der Waals surface area contributed by atoms with Gasteiger partial charge in [0, 0.05) is 34.0 Å². The number of fused-ring (bicyclic) bond motifs is 3. The SMILES string of the molecule is O=c1/c(=C\c2cc(-c3ccccc3)n(-c3ccc([N+](=O)[O-])cc3)c2-c2ccccc2)sc2n1[C@@H](c1ccc(Cl)cc1)C1=C(N=2)c2ccccc2CC1. The van der Waals surface area contributed by atoms with Gasteiger partial charge < -0.3 is 4.57 Å². The number of nitro benzene ring substituents is 1. The van der Waals surface area contributed by atoms with Crippen molar-refractivity contribution in [3.8, 4) is 28.2 Å². The molecule has 7 nitrogen and oxygen atoms in total. The Hall–Kier alpha value is -6.09. The van der Waals surface area contributed by atoms with E-state index in [9.17, 15) is 14.9 Å². The number of aryl methyl sites for hydroxylation is 1. The Kier molecular flexibility index (Phi) is 7.91. The van der Waals surface area contributed by atoms with Crippen LogP contribution in [0.4, 0.5) is 5.69 Å². The summed E-state index contributed by atoms with van der Waals surface area (Å²) in [4.78, 5) is 31.8. The van der Waals surface area contributed by atoms with Crippen LogP contribution in [-0.4, -0.2) is 14.1 Å². The molecule has 1 aliphatic heterocycles. The van der Waals surface area contributed by atoms with E-state index in [1.807, 2.05) is 102 Å². The van der Waals surface area contributed by atoms with E-state index in [0.29, 0.717) is 14.4 Å². The van der Waals surface area contributed by atoms with Crippen LogP contribution in [0.1, 0.15) is 34.7 Å². The number of rotatable bonds is 6. The number of non-ortho nitro benzene ring substituents is 1. The summed E-state index contributed by atoms with van der Waals surface area (Å²) in [6, 6.07) is 44.5. The van der Waals surface area contributed by atoms with Crippen molar-refractivity contribution in [2.45, 2.75) is 18.9 Å². The van der Waals surface area contributed by atoms with Gasteiger partial charge in [-0.1, -0.05) is 120 Å². The van der Waals surface area contributed by atoms with Crippen molar-refractivity contribution < 1.29 is 4.92 Å². The Labute approximate surface area is 307 Å². The van der Waals surface area contributed by atoms with Crippen LogP contribution in [0.15, 0.2) is 155 Å². The van der Waals surface area contributed by atoms with Crippen LogP contribution in [0.3, 0.4) is 0 Å². The summed E-state index contributed by atoms with van der Waals surface area (Å²) >= 11 is 7.73. The molecule has 252 valence electrons. The molecule has 0 unspecified atom stereocenters. The zero-order chi connectivity index (χ0) is 35.3. The summed E-state index contributed by atoms with van der Waals surface area (Å²) in [6.07, 6.45) is 3.64. The van der Waals surface area contributed by atoms with E-state index in [-0.39, 0.29) is 17.3 Å². The van der Waals surface area contributed by atoms with Gasteiger partial charge in [-0.25, -0.2) is 4.99 Å². The smallest absolute Gasteiger partial charge is 0.271 e. The molecular formula is C43H29ClN4O3S. The number of allylic oxidation sites excluding steroid dienone is 1. The predicted octanol–water partition coefficient (Wildman–Crippen LogP) is 9.01. The number of hydrogen-bond acceptors (Lipinski definition) is 5. The quantitative estimate of drug-likeness (QED) is 0.127. The molecule has 0 fully saturated rings. The van der Waals surface area contributed by atoms with Gasteiger partial charge in [-0.3, -0.25) is 19.5 Å². The van der Waals surface area contributed by atoms with Crippen LogP contribution < -0.4 is 14.9 Å². The molecule has 0 N–H and O–H groups in total. The standard InChI is InChI=1S/C43H29ClN4O3S/c44-32-18-15-30(16-19-32)41-36-24-17-27-9-7-8-14-35(27)39(36)45-43-47(41)42(49)38(52-43)26-31-25-37(28-10-3-1-4-11-28)46(40(31)29-12-5-2-6-13-29)33-20-22-34(23-21-33)48(50)51/h1-16,18-23,25-26,41H,17,24H2/b38-26+/t41-/m0/s1. The molecule has 0 amide bonds. The van der Waals surface area contributed by atoms with E-state index in [1.165, 1.54) is 29.0 Å². The van der Waals surface area contributed by atoms with Crippen LogP contribution in [0.25, 0.3) is 40.0 Å². The lowest BCUT2D eigenvalue weighted by Crippen LogP contribution is -2.38.